The zero-order chi connectivity index (χ0) is 12.3. The minimum atomic E-state index is -0.0800. The van der Waals surface area contributed by atoms with Crippen LogP contribution in [0.1, 0.15) is 42.5 Å². The largest absolute Gasteiger partial charge is 0.507 e. The van der Waals surface area contributed by atoms with E-state index in [1.54, 1.807) is 12.1 Å². The van der Waals surface area contributed by atoms with Crippen LogP contribution < -0.4 is 5.32 Å². The van der Waals surface area contributed by atoms with E-state index in [0.29, 0.717) is 11.6 Å². The standard InChI is InChI=1S/C13H16INO2/c14-11-7-6-9(8-12(11)16)13(17)15-10-4-2-1-3-5-10/h6-8,10,16H,1-5H2,(H,15,17). The number of hydrogen-bond donors (Lipinski definition) is 2. The van der Waals surface area contributed by atoms with Gasteiger partial charge < -0.3 is 10.4 Å². The van der Waals surface area contributed by atoms with Gasteiger partial charge in [-0.15, -0.1) is 0 Å². The maximum atomic E-state index is 12.0. The molecule has 1 aromatic rings. The van der Waals surface area contributed by atoms with Crippen molar-refractivity contribution in [1.82, 2.24) is 5.32 Å². The van der Waals surface area contributed by atoms with E-state index in [1.807, 2.05) is 22.6 Å². The SMILES string of the molecule is O=C(NC1CCCCC1)c1ccc(I)c(O)c1. The average Bonchev–Trinajstić information content (AvgIpc) is 2.34. The molecule has 1 aliphatic carbocycles. The smallest absolute Gasteiger partial charge is 0.251 e. The van der Waals surface area contributed by atoms with Crippen molar-refractivity contribution in [1.29, 1.82) is 0 Å². The Morgan fingerprint density at radius 2 is 2.00 bits per heavy atom. The maximum Gasteiger partial charge on any atom is 0.251 e. The summed E-state index contributed by atoms with van der Waals surface area (Å²) in [6.07, 6.45) is 5.81. The topological polar surface area (TPSA) is 49.3 Å². The fourth-order valence-corrected chi connectivity index (χ4v) is 2.51. The Balaban J connectivity index is 2.01. The van der Waals surface area contributed by atoms with Crippen molar-refractivity contribution in [3.05, 3.63) is 27.3 Å². The lowest BCUT2D eigenvalue weighted by atomic mass is 9.95. The summed E-state index contributed by atoms with van der Waals surface area (Å²) in [6, 6.07) is 5.34. The Labute approximate surface area is 115 Å². The molecule has 4 heteroatoms. The molecule has 17 heavy (non-hydrogen) atoms. The van der Waals surface area contributed by atoms with Gasteiger partial charge in [0.1, 0.15) is 5.75 Å². The molecule has 0 aromatic heterocycles. The van der Waals surface area contributed by atoms with Gasteiger partial charge in [0.2, 0.25) is 0 Å². The van der Waals surface area contributed by atoms with Crippen molar-refractivity contribution in [3.8, 4) is 5.75 Å². The lowest BCUT2D eigenvalue weighted by molar-refractivity contribution is 0.0927. The number of phenols is 1. The molecule has 1 amide bonds. The molecule has 2 N–H and O–H groups in total. The van der Waals surface area contributed by atoms with E-state index < -0.39 is 0 Å². The summed E-state index contributed by atoms with van der Waals surface area (Å²) in [5.41, 5.74) is 0.536. The number of halogens is 1. The maximum absolute atomic E-state index is 12.0. The Morgan fingerprint density at radius 3 is 2.65 bits per heavy atom. The van der Waals surface area contributed by atoms with E-state index in [9.17, 15) is 9.90 Å². The highest BCUT2D eigenvalue weighted by Crippen LogP contribution is 2.21. The molecule has 0 unspecified atom stereocenters. The van der Waals surface area contributed by atoms with Crippen LogP contribution in [0.25, 0.3) is 0 Å². The third-order valence-corrected chi connectivity index (χ3v) is 4.06. The highest BCUT2D eigenvalue weighted by Gasteiger charge is 2.17. The van der Waals surface area contributed by atoms with E-state index in [-0.39, 0.29) is 11.7 Å². The fourth-order valence-electron chi connectivity index (χ4n) is 2.17. The van der Waals surface area contributed by atoms with Crippen LogP contribution in [0.5, 0.6) is 5.75 Å². The Morgan fingerprint density at radius 1 is 1.29 bits per heavy atom. The molecule has 0 spiro atoms. The minimum Gasteiger partial charge on any atom is -0.507 e. The number of phenolic OH excluding ortho intramolecular Hbond substituents is 1. The summed E-state index contributed by atoms with van der Waals surface area (Å²) in [7, 11) is 0. The first-order valence-corrected chi connectivity index (χ1v) is 7.04. The van der Waals surface area contributed by atoms with Gasteiger partial charge in [-0.05, 0) is 53.6 Å². The van der Waals surface area contributed by atoms with Gasteiger partial charge >= 0.3 is 0 Å². The number of hydrogen-bond acceptors (Lipinski definition) is 2. The number of carbonyl (C=O) groups excluding carboxylic acids is 1. The number of nitrogens with one attached hydrogen (secondary N) is 1. The molecular weight excluding hydrogens is 329 g/mol. The fraction of sp³-hybridized carbons (Fsp3) is 0.462. The second kappa shape index (κ2) is 5.71. The summed E-state index contributed by atoms with van der Waals surface area (Å²) < 4.78 is 0.761. The molecule has 0 radical (unpaired) electrons. The van der Waals surface area contributed by atoms with Crippen molar-refractivity contribution >= 4 is 28.5 Å². The Hall–Kier alpha value is -0.780. The molecule has 0 heterocycles. The number of amides is 1. The van der Waals surface area contributed by atoms with Gasteiger partial charge in [-0.3, -0.25) is 4.79 Å². The van der Waals surface area contributed by atoms with Gasteiger partial charge in [0.15, 0.2) is 0 Å². The molecule has 1 saturated carbocycles. The summed E-state index contributed by atoms with van der Waals surface area (Å²) in [5.74, 6) is 0.0884. The summed E-state index contributed by atoms with van der Waals surface area (Å²) >= 11 is 2.04. The predicted octanol–water partition coefficient (Wildman–Crippen LogP) is 3.06. The van der Waals surface area contributed by atoms with Crippen molar-refractivity contribution in [2.45, 2.75) is 38.1 Å². The van der Waals surface area contributed by atoms with Crippen LogP contribution in [-0.2, 0) is 0 Å². The number of aromatic hydroxyl groups is 1. The molecule has 92 valence electrons. The lowest BCUT2D eigenvalue weighted by Gasteiger charge is -2.22. The number of benzene rings is 1. The number of rotatable bonds is 2. The van der Waals surface area contributed by atoms with Crippen molar-refractivity contribution in [3.63, 3.8) is 0 Å². The quantitative estimate of drug-likeness (QED) is 0.810. The van der Waals surface area contributed by atoms with E-state index in [2.05, 4.69) is 5.32 Å². The van der Waals surface area contributed by atoms with Gasteiger partial charge in [-0.2, -0.15) is 0 Å². The third-order valence-electron chi connectivity index (χ3n) is 3.15. The molecular formula is C13H16INO2. The predicted molar refractivity (Wildman–Crippen MR) is 75.2 cm³/mol. The van der Waals surface area contributed by atoms with Gasteiger partial charge in [0.25, 0.3) is 5.91 Å². The molecule has 3 nitrogen and oxygen atoms in total. The van der Waals surface area contributed by atoms with E-state index in [4.69, 9.17) is 0 Å². The van der Waals surface area contributed by atoms with Crippen LogP contribution in [0.2, 0.25) is 0 Å². The van der Waals surface area contributed by atoms with Gasteiger partial charge in [0, 0.05) is 11.6 Å². The zero-order valence-electron chi connectivity index (χ0n) is 9.58. The first-order chi connectivity index (χ1) is 8.16. The van der Waals surface area contributed by atoms with Crippen LogP contribution >= 0.6 is 22.6 Å². The molecule has 1 aliphatic rings. The molecule has 0 aliphatic heterocycles. The lowest BCUT2D eigenvalue weighted by Crippen LogP contribution is -2.36. The second-order valence-corrected chi connectivity index (χ2v) is 5.64. The van der Waals surface area contributed by atoms with E-state index in [1.165, 1.54) is 25.3 Å². The Kier molecular flexibility index (Phi) is 4.25. The monoisotopic (exact) mass is 345 g/mol. The summed E-state index contributed by atoms with van der Waals surface area (Å²) in [6.45, 7) is 0. The molecule has 1 fully saturated rings. The van der Waals surface area contributed by atoms with Gasteiger partial charge in [0.05, 0.1) is 3.57 Å². The number of carbonyl (C=O) groups is 1. The molecule has 0 atom stereocenters. The Bertz CT molecular complexity index is 414. The van der Waals surface area contributed by atoms with Crippen molar-refractivity contribution in [2.75, 3.05) is 0 Å². The summed E-state index contributed by atoms with van der Waals surface area (Å²) in [5, 5.41) is 12.6. The van der Waals surface area contributed by atoms with Crippen LogP contribution in [0.4, 0.5) is 0 Å². The first-order valence-electron chi connectivity index (χ1n) is 5.96. The summed E-state index contributed by atoms with van der Waals surface area (Å²) in [4.78, 5) is 12.0. The minimum absolute atomic E-state index is 0.0800. The van der Waals surface area contributed by atoms with Crippen LogP contribution in [0.3, 0.4) is 0 Å². The van der Waals surface area contributed by atoms with Crippen LogP contribution in [-0.4, -0.2) is 17.1 Å². The molecule has 1 aromatic carbocycles. The highest BCUT2D eigenvalue weighted by molar-refractivity contribution is 14.1. The van der Waals surface area contributed by atoms with Gasteiger partial charge in [-0.25, -0.2) is 0 Å². The average molecular weight is 345 g/mol. The molecule has 0 bridgehead atoms. The third kappa shape index (κ3) is 3.34. The normalized spacial score (nSPS) is 16.8. The van der Waals surface area contributed by atoms with E-state index >= 15 is 0 Å². The second-order valence-electron chi connectivity index (χ2n) is 4.47. The van der Waals surface area contributed by atoms with E-state index in [0.717, 1.165) is 16.4 Å². The first kappa shape index (κ1) is 12.7. The molecule has 0 saturated heterocycles. The van der Waals surface area contributed by atoms with Gasteiger partial charge in [-0.1, -0.05) is 19.3 Å². The van der Waals surface area contributed by atoms with Crippen LogP contribution in [0.15, 0.2) is 18.2 Å². The van der Waals surface area contributed by atoms with Crippen LogP contribution in [0, 0.1) is 3.57 Å². The molecule has 2 rings (SSSR count). The van der Waals surface area contributed by atoms with Crippen molar-refractivity contribution in [2.24, 2.45) is 0 Å². The van der Waals surface area contributed by atoms with Crippen molar-refractivity contribution < 1.29 is 9.90 Å². The zero-order valence-corrected chi connectivity index (χ0v) is 11.7. The highest BCUT2D eigenvalue weighted by atomic mass is 127.